The number of amides is 1. The van der Waals surface area contributed by atoms with E-state index in [4.69, 9.17) is 5.84 Å². The molecular formula is C6H16N2OSi. The van der Waals surface area contributed by atoms with Crippen LogP contribution in [0.1, 0.15) is 6.42 Å². The maximum Gasteiger partial charge on any atom is 0.233 e. The molecule has 0 radical (unpaired) electrons. The molecule has 60 valence electrons. The highest BCUT2D eigenvalue weighted by Gasteiger charge is 2.13. The summed E-state index contributed by atoms with van der Waals surface area (Å²) in [4.78, 5) is 10.6. The highest BCUT2D eigenvalue weighted by molar-refractivity contribution is 6.76. The van der Waals surface area contributed by atoms with Crippen LogP contribution in [0.2, 0.25) is 25.7 Å². The Morgan fingerprint density at radius 2 is 2.00 bits per heavy atom. The van der Waals surface area contributed by atoms with Crippen molar-refractivity contribution in [3.8, 4) is 0 Å². The lowest BCUT2D eigenvalue weighted by atomic mass is 10.5. The van der Waals surface area contributed by atoms with Crippen molar-refractivity contribution in [1.29, 1.82) is 0 Å². The first kappa shape index (κ1) is 9.65. The van der Waals surface area contributed by atoms with Crippen LogP contribution in [-0.2, 0) is 4.79 Å². The minimum atomic E-state index is -1.05. The van der Waals surface area contributed by atoms with Crippen molar-refractivity contribution in [1.82, 2.24) is 5.43 Å². The molecule has 0 bridgehead atoms. The van der Waals surface area contributed by atoms with E-state index in [1.165, 1.54) is 0 Å². The van der Waals surface area contributed by atoms with Gasteiger partial charge in [0, 0.05) is 14.5 Å². The molecule has 0 aliphatic heterocycles. The average molecular weight is 160 g/mol. The van der Waals surface area contributed by atoms with Gasteiger partial charge in [-0.05, 0) is 6.04 Å². The molecule has 3 N–H and O–H groups in total. The Balaban J connectivity index is 3.46. The molecule has 0 fully saturated rings. The van der Waals surface area contributed by atoms with Crippen molar-refractivity contribution in [3.05, 3.63) is 0 Å². The predicted molar refractivity (Wildman–Crippen MR) is 45.1 cm³/mol. The third kappa shape index (κ3) is 5.78. The third-order valence-electron chi connectivity index (χ3n) is 1.26. The molecule has 0 atom stereocenters. The number of carbonyl (C=O) groups is 1. The van der Waals surface area contributed by atoms with Gasteiger partial charge >= 0.3 is 0 Å². The first-order chi connectivity index (χ1) is 4.45. The number of hydrogen-bond acceptors (Lipinski definition) is 2. The highest BCUT2D eigenvalue weighted by atomic mass is 28.3. The SMILES string of the molecule is C[Si](C)(C)CCC(=O)NN. The summed E-state index contributed by atoms with van der Waals surface area (Å²) in [5.74, 6) is 4.86. The minimum Gasteiger partial charge on any atom is -0.294 e. The van der Waals surface area contributed by atoms with Crippen LogP contribution in [0.15, 0.2) is 0 Å². The van der Waals surface area contributed by atoms with Crippen molar-refractivity contribution >= 4 is 14.0 Å². The van der Waals surface area contributed by atoms with E-state index in [0.717, 1.165) is 6.04 Å². The standard InChI is InChI=1S/C6H16N2OSi/c1-10(2,3)5-4-6(9)8-7/h4-5,7H2,1-3H3,(H,8,9). The highest BCUT2D eigenvalue weighted by Crippen LogP contribution is 2.09. The molecular weight excluding hydrogens is 144 g/mol. The normalized spacial score (nSPS) is 11.2. The van der Waals surface area contributed by atoms with Crippen molar-refractivity contribution < 1.29 is 4.79 Å². The van der Waals surface area contributed by atoms with Crippen LogP contribution in [0.3, 0.4) is 0 Å². The molecule has 10 heavy (non-hydrogen) atoms. The lowest BCUT2D eigenvalue weighted by molar-refractivity contribution is -0.120. The van der Waals surface area contributed by atoms with Gasteiger partial charge in [0.25, 0.3) is 0 Å². The molecule has 0 aliphatic rings. The Bertz CT molecular complexity index is 119. The van der Waals surface area contributed by atoms with Crippen LogP contribution >= 0.6 is 0 Å². The molecule has 0 rings (SSSR count). The van der Waals surface area contributed by atoms with E-state index in [0.29, 0.717) is 6.42 Å². The number of carbonyl (C=O) groups excluding carboxylic acids is 1. The summed E-state index contributed by atoms with van der Waals surface area (Å²) in [5, 5.41) is 0. The molecule has 0 aromatic carbocycles. The van der Waals surface area contributed by atoms with E-state index >= 15 is 0 Å². The van der Waals surface area contributed by atoms with Crippen LogP contribution in [0.5, 0.6) is 0 Å². The zero-order valence-corrected chi connectivity index (χ0v) is 7.90. The first-order valence-corrected chi connectivity index (χ1v) is 7.16. The quantitative estimate of drug-likeness (QED) is 0.276. The Hall–Kier alpha value is -0.353. The van der Waals surface area contributed by atoms with Gasteiger partial charge < -0.3 is 0 Å². The Kier molecular flexibility index (Phi) is 3.60. The van der Waals surface area contributed by atoms with Crippen molar-refractivity contribution in [2.75, 3.05) is 0 Å². The zero-order chi connectivity index (χ0) is 8.20. The number of rotatable bonds is 3. The summed E-state index contributed by atoms with van der Waals surface area (Å²) in [5.41, 5.74) is 2.12. The van der Waals surface area contributed by atoms with E-state index in [1.54, 1.807) is 0 Å². The number of nitrogens with two attached hydrogens (primary N) is 1. The van der Waals surface area contributed by atoms with Gasteiger partial charge in [0.15, 0.2) is 0 Å². The molecule has 0 spiro atoms. The van der Waals surface area contributed by atoms with E-state index in [1.807, 2.05) is 0 Å². The van der Waals surface area contributed by atoms with Gasteiger partial charge in [0.2, 0.25) is 5.91 Å². The van der Waals surface area contributed by atoms with Gasteiger partial charge in [0.05, 0.1) is 0 Å². The first-order valence-electron chi connectivity index (χ1n) is 3.45. The fourth-order valence-corrected chi connectivity index (χ4v) is 1.54. The predicted octanol–water partition coefficient (Wildman–Crippen LogP) is 0.705. The van der Waals surface area contributed by atoms with Crippen molar-refractivity contribution in [2.24, 2.45) is 5.84 Å². The Morgan fingerprint density at radius 3 is 2.30 bits per heavy atom. The van der Waals surface area contributed by atoms with Crippen LogP contribution < -0.4 is 11.3 Å². The largest absolute Gasteiger partial charge is 0.294 e. The smallest absolute Gasteiger partial charge is 0.233 e. The number of nitrogens with one attached hydrogen (secondary N) is 1. The number of hydrogen-bond donors (Lipinski definition) is 2. The van der Waals surface area contributed by atoms with Crippen LogP contribution in [-0.4, -0.2) is 14.0 Å². The molecule has 1 amide bonds. The van der Waals surface area contributed by atoms with E-state index in [-0.39, 0.29) is 5.91 Å². The van der Waals surface area contributed by atoms with Crippen LogP contribution in [0.4, 0.5) is 0 Å². The van der Waals surface area contributed by atoms with Crippen molar-refractivity contribution in [2.45, 2.75) is 32.1 Å². The fourth-order valence-electron chi connectivity index (χ4n) is 0.561. The second kappa shape index (κ2) is 3.73. The summed E-state index contributed by atoms with van der Waals surface area (Å²) in [6.45, 7) is 6.70. The lowest BCUT2D eigenvalue weighted by Gasteiger charge is -2.13. The molecule has 0 aliphatic carbocycles. The summed E-state index contributed by atoms with van der Waals surface area (Å²) < 4.78 is 0. The Labute approximate surface area is 63.0 Å². The van der Waals surface area contributed by atoms with Gasteiger partial charge in [-0.2, -0.15) is 0 Å². The lowest BCUT2D eigenvalue weighted by Crippen LogP contribution is -2.32. The summed E-state index contributed by atoms with van der Waals surface area (Å²) >= 11 is 0. The topological polar surface area (TPSA) is 55.1 Å². The fraction of sp³-hybridized carbons (Fsp3) is 0.833. The molecule has 0 saturated heterocycles. The van der Waals surface area contributed by atoms with Crippen LogP contribution in [0.25, 0.3) is 0 Å². The van der Waals surface area contributed by atoms with E-state index in [2.05, 4.69) is 25.1 Å². The molecule has 4 heteroatoms. The Morgan fingerprint density at radius 1 is 1.50 bits per heavy atom. The van der Waals surface area contributed by atoms with Crippen LogP contribution in [0, 0.1) is 0 Å². The summed E-state index contributed by atoms with van der Waals surface area (Å²) in [6.07, 6.45) is 0.576. The number of hydrazine groups is 1. The zero-order valence-electron chi connectivity index (χ0n) is 6.90. The maximum atomic E-state index is 10.6. The van der Waals surface area contributed by atoms with Crippen molar-refractivity contribution in [3.63, 3.8) is 0 Å². The average Bonchev–Trinajstić information content (AvgIpc) is 1.81. The van der Waals surface area contributed by atoms with Gasteiger partial charge in [-0.25, -0.2) is 5.84 Å². The second-order valence-electron chi connectivity index (χ2n) is 3.63. The summed E-state index contributed by atoms with van der Waals surface area (Å²) in [7, 11) is -1.05. The van der Waals surface area contributed by atoms with E-state index in [9.17, 15) is 4.79 Å². The van der Waals surface area contributed by atoms with Gasteiger partial charge in [-0.3, -0.25) is 10.2 Å². The molecule has 0 heterocycles. The van der Waals surface area contributed by atoms with Gasteiger partial charge in [0.1, 0.15) is 0 Å². The molecule has 3 nitrogen and oxygen atoms in total. The monoisotopic (exact) mass is 160 g/mol. The molecule has 0 aromatic heterocycles. The van der Waals surface area contributed by atoms with E-state index < -0.39 is 8.07 Å². The maximum absolute atomic E-state index is 10.6. The molecule has 0 unspecified atom stereocenters. The van der Waals surface area contributed by atoms with Gasteiger partial charge in [-0.15, -0.1) is 0 Å². The summed E-state index contributed by atoms with van der Waals surface area (Å²) in [6, 6.07) is 1.01. The second-order valence-corrected chi connectivity index (χ2v) is 9.25. The minimum absolute atomic E-state index is 0.0533. The van der Waals surface area contributed by atoms with Gasteiger partial charge in [-0.1, -0.05) is 19.6 Å². The molecule has 0 aromatic rings. The third-order valence-corrected chi connectivity index (χ3v) is 3.01. The molecule has 0 saturated carbocycles.